The monoisotopic (exact) mass is 384 g/mol. The van der Waals surface area contributed by atoms with Gasteiger partial charge in [-0.15, -0.1) is 11.3 Å². The van der Waals surface area contributed by atoms with Crippen LogP contribution in [0.5, 0.6) is 0 Å². The minimum atomic E-state index is -0.695. The number of carbonyl (C=O) groups excluding carboxylic acids is 2. The second-order valence-corrected chi connectivity index (χ2v) is 9.28. The number of piperidine rings is 1. The molecule has 0 unspecified atom stereocenters. The van der Waals surface area contributed by atoms with Gasteiger partial charge in [0.1, 0.15) is 5.54 Å². The number of aromatic nitrogens is 1. The molecule has 0 spiro atoms. The highest BCUT2D eigenvalue weighted by Crippen LogP contribution is 2.42. The Hall–Kier alpha value is -1.99. The third-order valence-electron chi connectivity index (χ3n) is 6.20. The number of amides is 3. The van der Waals surface area contributed by atoms with Crippen molar-refractivity contribution in [1.82, 2.24) is 20.1 Å². The van der Waals surface area contributed by atoms with E-state index in [4.69, 9.17) is 4.98 Å². The molecule has 2 saturated heterocycles. The van der Waals surface area contributed by atoms with E-state index in [2.05, 4.69) is 22.3 Å². The summed E-state index contributed by atoms with van der Waals surface area (Å²) in [7, 11) is 0. The molecule has 1 aromatic heterocycles. The van der Waals surface area contributed by atoms with Gasteiger partial charge in [0.2, 0.25) is 0 Å². The highest BCUT2D eigenvalue weighted by atomic mass is 32.1. The van der Waals surface area contributed by atoms with Crippen LogP contribution in [0.1, 0.15) is 43.5 Å². The lowest BCUT2D eigenvalue weighted by atomic mass is 9.96. The average Bonchev–Trinajstić information content (AvgIpc) is 3.40. The third kappa shape index (κ3) is 2.93. The number of hydrogen-bond donors (Lipinski definition) is 1. The number of carbonyl (C=O) groups is 2. The zero-order valence-corrected chi connectivity index (χ0v) is 16.3. The number of nitrogens with one attached hydrogen (secondary N) is 1. The molecule has 1 aromatic carbocycles. The molecule has 6 nitrogen and oxygen atoms in total. The van der Waals surface area contributed by atoms with E-state index in [0.717, 1.165) is 44.3 Å². The first kappa shape index (κ1) is 17.1. The lowest BCUT2D eigenvalue weighted by Crippen LogP contribution is -2.48. The number of benzene rings is 1. The molecule has 3 heterocycles. The van der Waals surface area contributed by atoms with E-state index in [0.29, 0.717) is 18.5 Å². The zero-order chi connectivity index (χ0) is 18.6. The second-order valence-electron chi connectivity index (χ2n) is 8.22. The van der Waals surface area contributed by atoms with Gasteiger partial charge in [0.15, 0.2) is 0 Å². The minimum absolute atomic E-state index is 0.0582. The minimum Gasteiger partial charge on any atom is -0.323 e. The van der Waals surface area contributed by atoms with Gasteiger partial charge < -0.3 is 5.32 Å². The highest BCUT2D eigenvalue weighted by Gasteiger charge is 2.56. The number of nitrogens with zero attached hydrogens (tertiary/aromatic N) is 3. The van der Waals surface area contributed by atoms with E-state index in [1.807, 2.05) is 19.1 Å². The molecule has 2 atom stereocenters. The second kappa shape index (κ2) is 6.27. The van der Waals surface area contributed by atoms with Crippen molar-refractivity contribution >= 4 is 33.5 Å². The maximum Gasteiger partial charge on any atom is 0.326 e. The summed E-state index contributed by atoms with van der Waals surface area (Å²) in [6.45, 7) is 4.02. The predicted molar refractivity (Wildman–Crippen MR) is 105 cm³/mol. The number of fused-ring (bicyclic) bond motifs is 1. The Balaban J connectivity index is 1.30. The first-order chi connectivity index (χ1) is 13.0. The van der Waals surface area contributed by atoms with Crippen LogP contribution in [-0.2, 0) is 4.79 Å². The molecule has 7 heteroatoms. The number of para-hydroxylation sites is 1. The Morgan fingerprint density at radius 3 is 2.85 bits per heavy atom. The number of imide groups is 1. The normalized spacial score (nSPS) is 29.5. The summed E-state index contributed by atoms with van der Waals surface area (Å²) < 4.78 is 1.22. The number of thiazole rings is 1. The van der Waals surface area contributed by atoms with Gasteiger partial charge in [-0.1, -0.05) is 12.1 Å². The lowest BCUT2D eigenvalue weighted by molar-refractivity contribution is -0.133. The van der Waals surface area contributed by atoms with E-state index in [9.17, 15) is 9.59 Å². The molecule has 1 N–H and O–H groups in total. The van der Waals surface area contributed by atoms with Crippen molar-refractivity contribution in [3.8, 4) is 0 Å². The summed E-state index contributed by atoms with van der Waals surface area (Å²) in [6.07, 6.45) is 4.22. The Labute approximate surface area is 162 Å². The zero-order valence-electron chi connectivity index (χ0n) is 15.5. The van der Waals surface area contributed by atoms with Crippen LogP contribution in [-0.4, -0.2) is 52.0 Å². The lowest BCUT2D eigenvalue weighted by Gasteiger charge is -2.33. The SMILES string of the molecule is C[C@@]1(C2CC2)NC(=O)N(CN2CCC[C@H](c3nc4ccccc4s3)C2)C1=O. The van der Waals surface area contributed by atoms with Gasteiger partial charge in [-0.05, 0) is 57.2 Å². The molecule has 3 fully saturated rings. The van der Waals surface area contributed by atoms with E-state index < -0.39 is 5.54 Å². The molecule has 27 heavy (non-hydrogen) atoms. The topological polar surface area (TPSA) is 65.5 Å². The molecule has 0 radical (unpaired) electrons. The van der Waals surface area contributed by atoms with E-state index in [1.54, 1.807) is 11.3 Å². The molecule has 142 valence electrons. The van der Waals surface area contributed by atoms with Gasteiger partial charge >= 0.3 is 6.03 Å². The van der Waals surface area contributed by atoms with Crippen molar-refractivity contribution in [2.75, 3.05) is 19.8 Å². The van der Waals surface area contributed by atoms with Gasteiger partial charge in [0, 0.05) is 12.5 Å². The highest BCUT2D eigenvalue weighted by molar-refractivity contribution is 7.18. The van der Waals surface area contributed by atoms with Gasteiger partial charge in [-0.2, -0.15) is 0 Å². The Morgan fingerprint density at radius 1 is 1.26 bits per heavy atom. The molecule has 5 rings (SSSR count). The quantitative estimate of drug-likeness (QED) is 0.823. The number of urea groups is 1. The summed E-state index contributed by atoms with van der Waals surface area (Å²) in [5, 5.41) is 4.11. The fourth-order valence-electron chi connectivity index (χ4n) is 4.43. The van der Waals surface area contributed by atoms with Crippen LogP contribution in [0.3, 0.4) is 0 Å². The van der Waals surface area contributed by atoms with E-state index in [-0.39, 0.29) is 11.9 Å². The van der Waals surface area contributed by atoms with E-state index in [1.165, 1.54) is 14.6 Å². The molecule has 1 saturated carbocycles. The van der Waals surface area contributed by atoms with Gasteiger partial charge in [0.25, 0.3) is 5.91 Å². The Kier molecular flexibility index (Phi) is 3.98. The molecule has 1 aliphatic carbocycles. The first-order valence-corrected chi connectivity index (χ1v) is 10.6. The fourth-order valence-corrected chi connectivity index (χ4v) is 5.52. The van der Waals surface area contributed by atoms with E-state index >= 15 is 0 Å². The summed E-state index contributed by atoms with van der Waals surface area (Å²) >= 11 is 1.76. The maximum absolute atomic E-state index is 12.9. The molecule has 3 aliphatic rings. The smallest absolute Gasteiger partial charge is 0.323 e. The fraction of sp³-hybridized carbons (Fsp3) is 0.550. The van der Waals surface area contributed by atoms with Crippen molar-refractivity contribution in [3.05, 3.63) is 29.3 Å². The summed E-state index contributed by atoms with van der Waals surface area (Å²) in [5.74, 6) is 0.611. The van der Waals surface area contributed by atoms with Crippen LogP contribution >= 0.6 is 11.3 Å². The summed E-state index contributed by atoms with van der Waals surface area (Å²) in [6, 6.07) is 8.00. The summed E-state index contributed by atoms with van der Waals surface area (Å²) in [5.41, 5.74) is 0.364. The Bertz CT molecular complexity index is 875. The number of rotatable bonds is 4. The van der Waals surface area contributed by atoms with Crippen LogP contribution in [0.2, 0.25) is 0 Å². The molecular weight excluding hydrogens is 360 g/mol. The van der Waals surface area contributed by atoms with Crippen LogP contribution in [0.15, 0.2) is 24.3 Å². The first-order valence-electron chi connectivity index (χ1n) is 9.76. The van der Waals surface area contributed by atoms with Crippen LogP contribution < -0.4 is 5.32 Å². The van der Waals surface area contributed by atoms with Gasteiger partial charge in [-0.3, -0.25) is 9.69 Å². The molecule has 0 bridgehead atoms. The van der Waals surface area contributed by atoms with Gasteiger partial charge in [0.05, 0.1) is 21.9 Å². The van der Waals surface area contributed by atoms with Crippen molar-refractivity contribution in [2.45, 2.75) is 44.1 Å². The molecule has 3 amide bonds. The van der Waals surface area contributed by atoms with Crippen LogP contribution in [0.25, 0.3) is 10.2 Å². The maximum atomic E-state index is 12.9. The number of likely N-dealkylation sites (tertiary alicyclic amines) is 1. The molecule has 2 aliphatic heterocycles. The van der Waals surface area contributed by atoms with Crippen molar-refractivity contribution in [2.24, 2.45) is 5.92 Å². The molecule has 2 aromatic rings. The summed E-state index contributed by atoms with van der Waals surface area (Å²) in [4.78, 5) is 33.8. The average molecular weight is 385 g/mol. The van der Waals surface area contributed by atoms with Crippen molar-refractivity contribution in [3.63, 3.8) is 0 Å². The largest absolute Gasteiger partial charge is 0.326 e. The standard InChI is InChI=1S/C20H24N4O2S/c1-20(14-8-9-14)18(25)24(19(26)22-20)12-23-10-4-5-13(11-23)17-21-15-6-2-3-7-16(15)27-17/h2-3,6-7,13-14H,4-5,8-12H2,1H3,(H,22,26)/t13-,20-/m0/s1. The van der Waals surface area contributed by atoms with Crippen LogP contribution in [0.4, 0.5) is 4.79 Å². The number of hydrogen-bond acceptors (Lipinski definition) is 5. The van der Waals surface area contributed by atoms with Crippen molar-refractivity contribution in [1.29, 1.82) is 0 Å². The van der Waals surface area contributed by atoms with Crippen LogP contribution in [0, 0.1) is 5.92 Å². The Morgan fingerprint density at radius 2 is 2.07 bits per heavy atom. The molecular formula is C20H24N4O2S. The van der Waals surface area contributed by atoms with Crippen molar-refractivity contribution < 1.29 is 9.59 Å². The third-order valence-corrected chi connectivity index (χ3v) is 7.40. The predicted octanol–water partition coefficient (Wildman–Crippen LogP) is 3.15. The van der Waals surface area contributed by atoms with Gasteiger partial charge in [-0.25, -0.2) is 14.7 Å².